The number of aromatic nitrogens is 2. The van der Waals surface area contributed by atoms with E-state index < -0.39 is 0 Å². The zero-order valence-corrected chi connectivity index (χ0v) is 13.4. The number of rotatable bonds is 1. The van der Waals surface area contributed by atoms with Crippen LogP contribution < -0.4 is 0 Å². The summed E-state index contributed by atoms with van der Waals surface area (Å²) in [5.41, 5.74) is 6.07. The molecule has 108 valence electrons. The highest BCUT2D eigenvalue weighted by atomic mass is 35.5. The molecule has 4 aromatic rings. The minimum absolute atomic E-state index is 0.525. The predicted octanol–water partition coefficient (Wildman–Crippen LogP) is 5.77. The van der Waals surface area contributed by atoms with Gasteiger partial charge in [-0.1, -0.05) is 59.6 Å². The predicted molar refractivity (Wildman–Crippen MR) is 92.9 cm³/mol. The van der Waals surface area contributed by atoms with Gasteiger partial charge in [-0.05, 0) is 36.2 Å². The second kappa shape index (κ2) is 5.01. The molecule has 0 atom stereocenters. The van der Waals surface area contributed by atoms with Crippen LogP contribution in [-0.2, 0) is 0 Å². The molecule has 2 aromatic heterocycles. The van der Waals surface area contributed by atoms with Crippen molar-refractivity contribution in [2.45, 2.75) is 6.92 Å². The molecule has 0 radical (unpaired) electrons. The lowest BCUT2D eigenvalue weighted by atomic mass is 10.1. The molecule has 0 unspecified atom stereocenters. The highest BCUT2D eigenvalue weighted by Gasteiger charge is 2.13. The van der Waals surface area contributed by atoms with E-state index >= 15 is 0 Å². The molecule has 0 aliphatic heterocycles. The van der Waals surface area contributed by atoms with Crippen molar-refractivity contribution in [1.29, 1.82) is 0 Å². The summed E-state index contributed by atoms with van der Waals surface area (Å²) in [4.78, 5) is 4.72. The number of nitrogens with zero attached hydrogens (tertiary/aromatic N) is 2. The Labute approximate surface area is 137 Å². The molecule has 0 spiro atoms. The Morgan fingerprint density at radius 3 is 2.41 bits per heavy atom. The van der Waals surface area contributed by atoms with E-state index in [9.17, 15) is 0 Å². The number of hydrogen-bond acceptors (Lipinski definition) is 1. The summed E-state index contributed by atoms with van der Waals surface area (Å²) >= 11 is 12.3. The number of pyridine rings is 1. The van der Waals surface area contributed by atoms with E-state index in [0.29, 0.717) is 10.0 Å². The van der Waals surface area contributed by atoms with Crippen LogP contribution in [0.4, 0.5) is 0 Å². The molecule has 22 heavy (non-hydrogen) atoms. The van der Waals surface area contributed by atoms with Crippen LogP contribution in [0.5, 0.6) is 0 Å². The molecule has 0 saturated carbocycles. The zero-order chi connectivity index (χ0) is 15.3. The fourth-order valence-electron chi connectivity index (χ4n) is 2.77. The van der Waals surface area contributed by atoms with Crippen molar-refractivity contribution >= 4 is 39.9 Å². The van der Waals surface area contributed by atoms with E-state index in [0.717, 1.165) is 33.5 Å². The number of aryl methyl sites for hydroxylation is 1. The van der Waals surface area contributed by atoms with Crippen LogP contribution in [0.25, 0.3) is 27.9 Å². The molecule has 2 aromatic carbocycles. The normalized spacial score (nSPS) is 11.4. The van der Waals surface area contributed by atoms with Gasteiger partial charge in [-0.15, -0.1) is 0 Å². The van der Waals surface area contributed by atoms with E-state index in [1.807, 2.05) is 30.3 Å². The molecule has 0 aliphatic rings. The molecule has 4 heteroatoms. The lowest BCUT2D eigenvalue weighted by Gasteiger charge is -2.08. The Kier molecular flexibility index (Phi) is 3.10. The summed E-state index contributed by atoms with van der Waals surface area (Å²) in [5.74, 6) is 0. The molecule has 0 fully saturated rings. The number of imidazole rings is 1. The first-order chi connectivity index (χ1) is 10.6. The first kappa shape index (κ1) is 13.6. The van der Waals surface area contributed by atoms with E-state index in [1.165, 1.54) is 0 Å². The van der Waals surface area contributed by atoms with Crippen molar-refractivity contribution in [3.05, 3.63) is 70.2 Å². The summed E-state index contributed by atoms with van der Waals surface area (Å²) < 4.78 is 2.14. The average Bonchev–Trinajstić information content (AvgIpc) is 2.89. The molecule has 0 N–H and O–H groups in total. The third-order valence-corrected chi connectivity index (χ3v) is 4.57. The highest BCUT2D eigenvalue weighted by molar-refractivity contribution is 6.42. The van der Waals surface area contributed by atoms with Crippen LogP contribution in [0.1, 0.15) is 5.56 Å². The Balaban J connectivity index is 2.19. The van der Waals surface area contributed by atoms with Gasteiger partial charge in [0.1, 0.15) is 5.65 Å². The summed E-state index contributed by atoms with van der Waals surface area (Å²) in [6.07, 6.45) is 0. The fraction of sp³-hybridized carbons (Fsp3) is 0.0556. The van der Waals surface area contributed by atoms with Gasteiger partial charge < -0.3 is 0 Å². The maximum absolute atomic E-state index is 6.21. The fourth-order valence-corrected chi connectivity index (χ4v) is 3.08. The third kappa shape index (κ3) is 1.99. The van der Waals surface area contributed by atoms with Crippen LogP contribution in [0, 0.1) is 6.92 Å². The minimum atomic E-state index is 0.525. The van der Waals surface area contributed by atoms with Gasteiger partial charge >= 0.3 is 0 Å². The van der Waals surface area contributed by atoms with Gasteiger partial charge in [0.05, 0.1) is 26.8 Å². The van der Waals surface area contributed by atoms with Crippen molar-refractivity contribution in [2.75, 3.05) is 0 Å². The molecule has 4 rings (SSSR count). The van der Waals surface area contributed by atoms with Crippen molar-refractivity contribution in [1.82, 2.24) is 9.38 Å². The van der Waals surface area contributed by atoms with E-state index in [-0.39, 0.29) is 0 Å². The largest absolute Gasteiger partial charge is 0.292 e. The third-order valence-electron chi connectivity index (χ3n) is 3.85. The standard InChI is InChI=1S/C18H12Cl2N2/c1-11-7-8-16(12-5-3-2-4-6-12)22-17-10-14(20)13(19)9-15(17)21-18(11)22/h2-10H,1H3. The van der Waals surface area contributed by atoms with E-state index in [2.05, 4.69) is 35.6 Å². The zero-order valence-electron chi connectivity index (χ0n) is 11.8. The van der Waals surface area contributed by atoms with Gasteiger partial charge in [0.25, 0.3) is 0 Å². The Morgan fingerprint density at radius 2 is 1.64 bits per heavy atom. The number of fused-ring (bicyclic) bond motifs is 3. The van der Waals surface area contributed by atoms with Crippen LogP contribution in [-0.4, -0.2) is 9.38 Å². The van der Waals surface area contributed by atoms with Crippen LogP contribution in [0.2, 0.25) is 10.0 Å². The molecule has 0 amide bonds. The first-order valence-electron chi connectivity index (χ1n) is 6.97. The van der Waals surface area contributed by atoms with Crippen LogP contribution in [0.3, 0.4) is 0 Å². The van der Waals surface area contributed by atoms with Crippen LogP contribution in [0.15, 0.2) is 54.6 Å². The second-order valence-electron chi connectivity index (χ2n) is 5.29. The smallest absolute Gasteiger partial charge is 0.141 e. The molecule has 0 saturated heterocycles. The molecular formula is C18H12Cl2N2. The van der Waals surface area contributed by atoms with Gasteiger partial charge in [0, 0.05) is 0 Å². The molecule has 0 aliphatic carbocycles. The van der Waals surface area contributed by atoms with Gasteiger partial charge in [-0.3, -0.25) is 4.40 Å². The van der Waals surface area contributed by atoms with Gasteiger partial charge in [0.15, 0.2) is 0 Å². The Hall–Kier alpha value is -2.03. The lowest BCUT2D eigenvalue weighted by Crippen LogP contribution is -1.94. The molecule has 2 nitrogen and oxygen atoms in total. The summed E-state index contributed by atoms with van der Waals surface area (Å²) in [6.45, 7) is 2.05. The molecule has 2 heterocycles. The second-order valence-corrected chi connectivity index (χ2v) is 6.11. The van der Waals surface area contributed by atoms with Gasteiger partial charge in [-0.25, -0.2) is 4.98 Å². The summed E-state index contributed by atoms with van der Waals surface area (Å²) in [7, 11) is 0. The monoisotopic (exact) mass is 326 g/mol. The number of halogens is 2. The highest BCUT2D eigenvalue weighted by Crippen LogP contribution is 2.32. The van der Waals surface area contributed by atoms with Crippen molar-refractivity contribution in [3.63, 3.8) is 0 Å². The van der Waals surface area contributed by atoms with Gasteiger partial charge in [0.2, 0.25) is 0 Å². The summed E-state index contributed by atoms with van der Waals surface area (Å²) in [5, 5.41) is 1.06. The maximum atomic E-state index is 6.21. The molecular weight excluding hydrogens is 315 g/mol. The lowest BCUT2D eigenvalue weighted by molar-refractivity contribution is 1.20. The topological polar surface area (TPSA) is 17.3 Å². The van der Waals surface area contributed by atoms with Gasteiger partial charge in [-0.2, -0.15) is 0 Å². The quantitative estimate of drug-likeness (QED) is 0.434. The Morgan fingerprint density at radius 1 is 0.909 bits per heavy atom. The molecule has 0 bridgehead atoms. The Bertz CT molecular complexity index is 1000. The van der Waals surface area contributed by atoms with Crippen molar-refractivity contribution < 1.29 is 0 Å². The van der Waals surface area contributed by atoms with Crippen LogP contribution >= 0.6 is 23.2 Å². The minimum Gasteiger partial charge on any atom is -0.292 e. The first-order valence-corrected chi connectivity index (χ1v) is 7.73. The average molecular weight is 327 g/mol. The summed E-state index contributed by atoms with van der Waals surface area (Å²) in [6, 6.07) is 18.2. The number of benzene rings is 2. The van der Waals surface area contributed by atoms with E-state index in [1.54, 1.807) is 0 Å². The number of hydrogen-bond donors (Lipinski definition) is 0. The SMILES string of the molecule is Cc1ccc(-c2ccccc2)n2c1nc1cc(Cl)c(Cl)cc12. The maximum Gasteiger partial charge on any atom is 0.141 e. The van der Waals surface area contributed by atoms with E-state index in [4.69, 9.17) is 28.2 Å². The van der Waals surface area contributed by atoms with Crippen molar-refractivity contribution in [3.8, 4) is 11.3 Å². The van der Waals surface area contributed by atoms with Crippen molar-refractivity contribution in [2.24, 2.45) is 0 Å².